The number of amides is 1. The van der Waals surface area contributed by atoms with Gasteiger partial charge in [0.05, 0.1) is 6.54 Å². The Hall–Kier alpha value is -2.06. The van der Waals surface area contributed by atoms with E-state index < -0.39 is 5.60 Å². The number of aliphatic imine (C=N–C) groups is 1. The van der Waals surface area contributed by atoms with E-state index in [9.17, 15) is 9.90 Å². The molecule has 1 aliphatic rings. The van der Waals surface area contributed by atoms with Gasteiger partial charge in [0, 0.05) is 52.7 Å². The molecule has 8 heteroatoms. The molecule has 0 aromatic carbocycles. The highest BCUT2D eigenvalue weighted by Gasteiger charge is 2.26. The van der Waals surface area contributed by atoms with Crippen LogP contribution in [0.25, 0.3) is 0 Å². The minimum absolute atomic E-state index is 0.146. The summed E-state index contributed by atoms with van der Waals surface area (Å²) in [5.74, 6) is 2.10. The van der Waals surface area contributed by atoms with Crippen LogP contribution < -0.4 is 10.6 Å². The zero-order valence-corrected chi connectivity index (χ0v) is 16.9. The third-order valence-corrected chi connectivity index (χ3v) is 4.70. The van der Waals surface area contributed by atoms with Crippen molar-refractivity contribution in [3.05, 3.63) is 23.7 Å². The average Bonchev–Trinajstić information content (AvgIpc) is 3.07. The summed E-state index contributed by atoms with van der Waals surface area (Å²) in [5, 5.41) is 17.1. The monoisotopic (exact) mass is 379 g/mol. The molecular formula is C19H33N5O3. The number of nitrogens with zero attached hydrogens (tertiary/aromatic N) is 3. The maximum Gasteiger partial charge on any atom is 0.219 e. The summed E-state index contributed by atoms with van der Waals surface area (Å²) >= 11 is 0. The lowest BCUT2D eigenvalue weighted by Crippen LogP contribution is -2.50. The number of hydrogen-bond donors (Lipinski definition) is 3. The number of aliphatic hydroxyl groups is 1. The highest BCUT2D eigenvalue weighted by Crippen LogP contribution is 2.22. The molecule has 27 heavy (non-hydrogen) atoms. The van der Waals surface area contributed by atoms with Gasteiger partial charge in [-0.2, -0.15) is 0 Å². The van der Waals surface area contributed by atoms with E-state index in [1.54, 1.807) is 19.9 Å². The Morgan fingerprint density at radius 2 is 2.00 bits per heavy atom. The minimum atomic E-state index is -1.15. The summed E-state index contributed by atoms with van der Waals surface area (Å²) in [5.41, 5.74) is -1.15. The largest absolute Gasteiger partial charge is 0.463 e. The molecule has 1 aromatic heterocycles. The van der Waals surface area contributed by atoms with E-state index in [-0.39, 0.29) is 12.5 Å². The van der Waals surface area contributed by atoms with Crippen molar-refractivity contribution in [2.24, 2.45) is 4.99 Å². The zero-order chi connectivity index (χ0) is 19.9. The van der Waals surface area contributed by atoms with Gasteiger partial charge in [-0.15, -0.1) is 0 Å². The number of nitrogens with one attached hydrogen (secondary N) is 2. The zero-order valence-electron chi connectivity index (χ0n) is 16.9. The molecule has 1 aromatic rings. The van der Waals surface area contributed by atoms with Gasteiger partial charge in [0.15, 0.2) is 5.96 Å². The number of furan rings is 1. The number of carbonyl (C=O) groups is 1. The van der Waals surface area contributed by atoms with Crippen molar-refractivity contribution in [2.45, 2.75) is 33.3 Å². The van der Waals surface area contributed by atoms with Crippen molar-refractivity contribution in [3.63, 3.8) is 0 Å². The van der Waals surface area contributed by atoms with Crippen LogP contribution in [0, 0.1) is 6.92 Å². The molecular weight excluding hydrogens is 346 g/mol. The highest BCUT2D eigenvalue weighted by molar-refractivity contribution is 5.79. The van der Waals surface area contributed by atoms with Gasteiger partial charge >= 0.3 is 0 Å². The highest BCUT2D eigenvalue weighted by atomic mass is 16.4. The minimum Gasteiger partial charge on any atom is -0.463 e. The Labute approximate surface area is 161 Å². The summed E-state index contributed by atoms with van der Waals surface area (Å²) in [6.07, 6.45) is 0. The third-order valence-electron chi connectivity index (χ3n) is 4.70. The molecule has 1 fully saturated rings. The molecule has 1 aliphatic heterocycles. The van der Waals surface area contributed by atoms with Gasteiger partial charge in [0.1, 0.15) is 17.1 Å². The van der Waals surface area contributed by atoms with Crippen molar-refractivity contribution in [1.82, 2.24) is 20.4 Å². The Bertz CT molecular complexity index is 633. The maximum atomic E-state index is 11.4. The van der Waals surface area contributed by atoms with E-state index >= 15 is 0 Å². The first-order valence-corrected chi connectivity index (χ1v) is 9.61. The number of hydrogen-bond acceptors (Lipinski definition) is 5. The van der Waals surface area contributed by atoms with E-state index in [0.717, 1.165) is 51.6 Å². The Morgan fingerprint density at radius 1 is 1.30 bits per heavy atom. The van der Waals surface area contributed by atoms with E-state index in [1.165, 1.54) is 0 Å². The summed E-state index contributed by atoms with van der Waals surface area (Å²) in [6, 6.07) is 3.62. The second kappa shape index (κ2) is 9.75. The van der Waals surface area contributed by atoms with Gasteiger partial charge in [-0.3, -0.25) is 9.69 Å². The van der Waals surface area contributed by atoms with Gasteiger partial charge in [0.25, 0.3) is 0 Å². The molecule has 2 heterocycles. The third kappa shape index (κ3) is 6.55. The molecule has 152 valence electrons. The average molecular weight is 380 g/mol. The van der Waals surface area contributed by atoms with Gasteiger partial charge in [-0.1, -0.05) is 0 Å². The second-order valence-corrected chi connectivity index (χ2v) is 7.15. The summed E-state index contributed by atoms with van der Waals surface area (Å²) in [6.45, 7) is 13.1. The van der Waals surface area contributed by atoms with Crippen molar-refractivity contribution in [1.29, 1.82) is 0 Å². The van der Waals surface area contributed by atoms with Gasteiger partial charge in [-0.25, -0.2) is 4.99 Å². The number of guanidine groups is 1. The second-order valence-electron chi connectivity index (χ2n) is 7.15. The van der Waals surface area contributed by atoms with Gasteiger partial charge in [0.2, 0.25) is 5.91 Å². The predicted molar refractivity (Wildman–Crippen MR) is 106 cm³/mol. The summed E-state index contributed by atoms with van der Waals surface area (Å²) < 4.78 is 5.53. The fraction of sp³-hybridized carbons (Fsp3) is 0.684. The smallest absolute Gasteiger partial charge is 0.219 e. The molecule has 1 amide bonds. The van der Waals surface area contributed by atoms with Crippen molar-refractivity contribution < 1.29 is 14.3 Å². The van der Waals surface area contributed by atoms with E-state index in [0.29, 0.717) is 11.7 Å². The molecule has 0 spiro atoms. The standard InChI is InChI=1S/C19H33N5O3/c1-5-20-18(22-14-19(4,26)17-7-6-15(2)27-17)21-8-9-23-10-12-24(13-11-23)16(3)25/h6-7,26H,5,8-14H2,1-4H3,(H2,20,21,22). The summed E-state index contributed by atoms with van der Waals surface area (Å²) in [4.78, 5) is 20.1. The molecule has 8 nitrogen and oxygen atoms in total. The Kier molecular flexibility index (Phi) is 7.67. The van der Waals surface area contributed by atoms with Crippen molar-refractivity contribution in [2.75, 3.05) is 52.4 Å². The van der Waals surface area contributed by atoms with Crippen LogP contribution in [0.3, 0.4) is 0 Å². The number of carbonyl (C=O) groups excluding carboxylic acids is 1. The van der Waals surface area contributed by atoms with Crippen molar-refractivity contribution >= 4 is 11.9 Å². The summed E-state index contributed by atoms with van der Waals surface area (Å²) in [7, 11) is 0. The Balaban J connectivity index is 1.81. The van der Waals surface area contributed by atoms with Crippen LogP contribution in [0.15, 0.2) is 21.5 Å². The SMILES string of the molecule is CCNC(=NCC(C)(O)c1ccc(C)o1)NCCN1CCN(C(C)=O)CC1. The Morgan fingerprint density at radius 3 is 2.56 bits per heavy atom. The van der Waals surface area contributed by atoms with Crippen molar-refractivity contribution in [3.8, 4) is 0 Å². The van der Waals surface area contributed by atoms with Crippen LogP contribution in [-0.4, -0.2) is 79.1 Å². The molecule has 1 unspecified atom stereocenters. The molecule has 1 saturated heterocycles. The van der Waals surface area contributed by atoms with Crippen LogP contribution in [0.5, 0.6) is 0 Å². The van der Waals surface area contributed by atoms with E-state index in [2.05, 4.69) is 20.5 Å². The number of rotatable bonds is 7. The first-order valence-electron chi connectivity index (χ1n) is 9.61. The normalized spacial score (nSPS) is 18.3. The maximum absolute atomic E-state index is 11.4. The first-order chi connectivity index (χ1) is 12.8. The fourth-order valence-corrected chi connectivity index (χ4v) is 3.00. The lowest BCUT2D eigenvalue weighted by molar-refractivity contribution is -0.130. The molecule has 2 rings (SSSR count). The fourth-order valence-electron chi connectivity index (χ4n) is 3.00. The molecule has 1 atom stereocenters. The quantitative estimate of drug-likeness (QED) is 0.472. The van der Waals surface area contributed by atoms with Crippen LogP contribution in [-0.2, 0) is 10.4 Å². The topological polar surface area (TPSA) is 93.3 Å². The van der Waals surface area contributed by atoms with Crippen LogP contribution in [0.2, 0.25) is 0 Å². The van der Waals surface area contributed by atoms with Gasteiger partial charge in [-0.05, 0) is 32.9 Å². The van der Waals surface area contributed by atoms with Crippen LogP contribution >= 0.6 is 0 Å². The molecule has 3 N–H and O–H groups in total. The predicted octanol–water partition coefficient (Wildman–Crippen LogP) is 0.515. The molecule has 0 radical (unpaired) electrons. The molecule has 0 bridgehead atoms. The lowest BCUT2D eigenvalue weighted by atomic mass is 10.0. The van der Waals surface area contributed by atoms with Crippen LogP contribution in [0.1, 0.15) is 32.3 Å². The number of aryl methyl sites for hydroxylation is 1. The molecule has 0 aliphatic carbocycles. The number of piperazine rings is 1. The van der Waals surface area contributed by atoms with Gasteiger partial charge < -0.3 is 25.1 Å². The van der Waals surface area contributed by atoms with Crippen LogP contribution in [0.4, 0.5) is 0 Å². The first kappa shape index (κ1) is 21.2. The van der Waals surface area contributed by atoms with E-state index in [4.69, 9.17) is 4.42 Å². The van der Waals surface area contributed by atoms with E-state index in [1.807, 2.05) is 24.8 Å². The molecule has 0 saturated carbocycles. The lowest BCUT2D eigenvalue weighted by Gasteiger charge is -2.34.